The van der Waals surface area contributed by atoms with E-state index in [1.165, 1.54) is 6.07 Å². The maximum absolute atomic E-state index is 14.9. The normalized spacial score (nSPS) is 22.8. The maximum Gasteiger partial charge on any atom is 0.193 e. The summed E-state index contributed by atoms with van der Waals surface area (Å²) in [5.74, 6) is -0.00108. The molecule has 8 nitrogen and oxygen atoms in total. The predicted octanol–water partition coefficient (Wildman–Crippen LogP) is 3.90. The highest BCUT2D eigenvalue weighted by atomic mass is 32.2. The van der Waals surface area contributed by atoms with E-state index in [9.17, 15) is 9.50 Å². The fourth-order valence-corrected chi connectivity index (χ4v) is 4.36. The number of pyridine rings is 2. The van der Waals surface area contributed by atoms with Gasteiger partial charge in [-0.1, -0.05) is 24.3 Å². The maximum atomic E-state index is 14.9. The van der Waals surface area contributed by atoms with Crippen LogP contribution in [0.25, 0.3) is 33.5 Å². The number of hydrogen-bond acceptors (Lipinski definition) is 8. The number of halogens is 1. The second-order valence-corrected chi connectivity index (χ2v) is 9.48. The molecule has 2 fully saturated rings. The Morgan fingerprint density at radius 2 is 1.78 bits per heavy atom. The number of nitrogen functional groups attached to an aromatic ring is 1. The topological polar surface area (TPSA) is 116 Å². The van der Waals surface area contributed by atoms with E-state index in [0.29, 0.717) is 34.8 Å². The molecular formula is C26H27FN4O4S. The van der Waals surface area contributed by atoms with Crippen molar-refractivity contribution in [3.05, 3.63) is 60.5 Å². The van der Waals surface area contributed by atoms with Gasteiger partial charge in [-0.05, 0) is 24.6 Å². The molecule has 0 radical (unpaired) electrons. The summed E-state index contributed by atoms with van der Waals surface area (Å²) in [4.78, 5) is 11.9. The van der Waals surface area contributed by atoms with Crippen LogP contribution in [0.15, 0.2) is 54.7 Å². The van der Waals surface area contributed by atoms with Gasteiger partial charge >= 0.3 is 0 Å². The number of aromatic nitrogens is 3. The molecule has 0 saturated carbocycles. The number of anilines is 1. The van der Waals surface area contributed by atoms with Crippen molar-refractivity contribution in [1.82, 2.24) is 15.0 Å². The first-order chi connectivity index (χ1) is 17.5. The van der Waals surface area contributed by atoms with Crippen LogP contribution in [0, 0.1) is 5.82 Å². The number of aromatic amines is 1. The second-order valence-electron chi connectivity index (χ2n) is 8.67. The van der Waals surface area contributed by atoms with Crippen LogP contribution in [0.1, 0.15) is 0 Å². The Morgan fingerprint density at radius 1 is 1.06 bits per heavy atom. The predicted molar refractivity (Wildman–Crippen MR) is 138 cm³/mol. The van der Waals surface area contributed by atoms with Crippen LogP contribution < -0.4 is 10.5 Å². The lowest BCUT2D eigenvalue weighted by atomic mass is 10.1. The molecule has 36 heavy (non-hydrogen) atoms. The van der Waals surface area contributed by atoms with Crippen molar-refractivity contribution in [2.24, 2.45) is 0 Å². The first-order valence-electron chi connectivity index (χ1n) is 11.5. The average molecular weight is 511 g/mol. The lowest BCUT2D eigenvalue weighted by molar-refractivity contribution is 0.00794. The van der Waals surface area contributed by atoms with E-state index < -0.39 is 11.9 Å². The molecule has 0 amide bonds. The number of H-pyrrole nitrogens is 1. The number of benzene rings is 1. The summed E-state index contributed by atoms with van der Waals surface area (Å²) in [5.41, 5.74) is 9.97. The number of aliphatic hydroxyl groups is 1. The third-order valence-electron chi connectivity index (χ3n) is 6.03. The highest BCUT2D eigenvalue weighted by molar-refractivity contribution is 7.97. The third-order valence-corrected chi connectivity index (χ3v) is 6.03. The molecule has 3 aromatic heterocycles. The summed E-state index contributed by atoms with van der Waals surface area (Å²) in [7, 11) is 0. The molecule has 4 aromatic rings. The molecule has 0 bridgehead atoms. The van der Waals surface area contributed by atoms with E-state index in [2.05, 4.69) is 15.0 Å². The minimum absolute atomic E-state index is 0.227. The van der Waals surface area contributed by atoms with Gasteiger partial charge in [-0.2, -0.15) is 11.8 Å². The van der Waals surface area contributed by atoms with Crippen LogP contribution in [0.3, 0.4) is 0 Å². The van der Waals surface area contributed by atoms with Crippen LogP contribution in [0.2, 0.25) is 0 Å². The van der Waals surface area contributed by atoms with Gasteiger partial charge in [-0.25, -0.2) is 9.37 Å². The molecule has 0 aliphatic carbocycles. The van der Waals surface area contributed by atoms with E-state index in [0.717, 1.165) is 11.3 Å². The number of thioether (sulfide) groups is 1. The molecule has 2 aliphatic rings. The van der Waals surface area contributed by atoms with Gasteiger partial charge in [0, 0.05) is 23.3 Å². The smallest absolute Gasteiger partial charge is 0.193 e. The van der Waals surface area contributed by atoms with Crippen molar-refractivity contribution >= 4 is 28.5 Å². The summed E-state index contributed by atoms with van der Waals surface area (Å²) >= 11 is 1.75. The van der Waals surface area contributed by atoms with Crippen LogP contribution in [-0.2, 0) is 9.47 Å². The highest BCUT2D eigenvalue weighted by Gasteiger charge is 2.48. The Morgan fingerprint density at radius 3 is 2.50 bits per heavy atom. The van der Waals surface area contributed by atoms with Crippen molar-refractivity contribution in [3.8, 4) is 28.4 Å². The van der Waals surface area contributed by atoms with Gasteiger partial charge < -0.3 is 30.0 Å². The quantitative estimate of drug-likeness (QED) is 0.379. The Bertz CT molecular complexity index is 1330. The van der Waals surface area contributed by atoms with E-state index in [4.69, 9.17) is 19.9 Å². The number of hydrogen-bond donors (Lipinski definition) is 3. The summed E-state index contributed by atoms with van der Waals surface area (Å²) in [5, 5.41) is 9.89. The molecule has 2 aliphatic heterocycles. The number of rotatable bonds is 4. The Balaban J connectivity index is 0.000000848. The molecule has 1 aromatic carbocycles. The fourth-order valence-electron chi connectivity index (χ4n) is 4.36. The van der Waals surface area contributed by atoms with Crippen molar-refractivity contribution in [3.63, 3.8) is 0 Å². The molecule has 10 heteroatoms. The first kappa shape index (κ1) is 24.5. The van der Waals surface area contributed by atoms with Crippen LogP contribution >= 0.6 is 11.8 Å². The summed E-state index contributed by atoms with van der Waals surface area (Å²) in [6.45, 7) is 0.537. The van der Waals surface area contributed by atoms with Crippen LogP contribution in [0.5, 0.6) is 5.88 Å². The van der Waals surface area contributed by atoms with Gasteiger partial charge in [-0.3, -0.25) is 4.98 Å². The van der Waals surface area contributed by atoms with E-state index in [-0.39, 0.29) is 30.6 Å². The number of nitrogens with one attached hydrogen (secondary N) is 1. The van der Waals surface area contributed by atoms with Crippen molar-refractivity contribution < 1.29 is 23.7 Å². The Labute approximate surface area is 212 Å². The minimum Gasteiger partial charge on any atom is -0.470 e. The fraction of sp³-hybridized carbons (Fsp3) is 0.308. The summed E-state index contributed by atoms with van der Waals surface area (Å²) < 4.78 is 32.1. The molecule has 5 heterocycles. The van der Waals surface area contributed by atoms with Gasteiger partial charge in [0.15, 0.2) is 17.8 Å². The number of fused-ring (bicyclic) bond motifs is 2. The molecule has 2 saturated heterocycles. The van der Waals surface area contributed by atoms with Gasteiger partial charge in [0.25, 0.3) is 0 Å². The summed E-state index contributed by atoms with van der Waals surface area (Å²) in [6, 6.07) is 14.1. The number of aliphatic hydroxyl groups excluding tert-OH is 1. The summed E-state index contributed by atoms with van der Waals surface area (Å²) in [6.07, 6.45) is 3.96. The lowest BCUT2D eigenvalue weighted by Crippen LogP contribution is -2.34. The van der Waals surface area contributed by atoms with Gasteiger partial charge in [0.2, 0.25) is 0 Å². The molecule has 4 N–H and O–H groups in total. The van der Waals surface area contributed by atoms with Crippen molar-refractivity contribution in [2.45, 2.75) is 24.4 Å². The first-order valence-corrected chi connectivity index (χ1v) is 13.1. The zero-order chi connectivity index (χ0) is 25.2. The lowest BCUT2D eigenvalue weighted by Gasteiger charge is -2.16. The molecule has 0 spiro atoms. The molecule has 6 rings (SSSR count). The highest BCUT2D eigenvalue weighted by Crippen LogP contribution is 2.32. The number of ether oxygens (including phenoxy) is 3. The molecule has 1 unspecified atom stereocenters. The zero-order valence-corrected chi connectivity index (χ0v) is 20.7. The largest absolute Gasteiger partial charge is 0.470 e. The zero-order valence-electron chi connectivity index (χ0n) is 19.8. The molecule has 4 atom stereocenters. The van der Waals surface area contributed by atoms with Crippen molar-refractivity contribution in [2.75, 3.05) is 31.5 Å². The van der Waals surface area contributed by atoms with Gasteiger partial charge in [-0.15, -0.1) is 0 Å². The van der Waals surface area contributed by atoms with Crippen molar-refractivity contribution in [1.29, 1.82) is 0 Å². The second kappa shape index (κ2) is 10.4. The van der Waals surface area contributed by atoms with Gasteiger partial charge in [0.1, 0.15) is 24.0 Å². The number of nitrogens with two attached hydrogens (primary N) is 1. The van der Waals surface area contributed by atoms with Crippen LogP contribution in [-0.4, -0.2) is 70.2 Å². The Hall–Kier alpha value is -3.18. The standard InChI is InChI=1S/C24H21FN4O4.C2H6S/c25-15-7-17-18(8-21(28-17)33-20-11-32-23-19(30)10-31-24(20)23)29-22(15)13-3-1-12(2-4-13)16-6-5-14(26)9-27-16;1-3-2/h1-9,19-20,23-24,28,30H,10-11,26H2;1-2H3/t19-,20-,23?,24-;/m1./s1. The van der Waals surface area contributed by atoms with Crippen LogP contribution in [0.4, 0.5) is 10.1 Å². The Kier molecular flexibility index (Phi) is 7.10. The minimum atomic E-state index is -0.646. The third kappa shape index (κ3) is 4.90. The van der Waals surface area contributed by atoms with E-state index in [1.807, 2.05) is 42.8 Å². The number of nitrogens with zero attached hydrogens (tertiary/aromatic N) is 2. The molecular weight excluding hydrogens is 483 g/mol. The van der Waals surface area contributed by atoms with Gasteiger partial charge in [0.05, 0.1) is 41.8 Å². The SMILES string of the molecule is CSC.Nc1ccc(-c2ccc(-c3nc4cc(O[C@@H]5COC6[C@H](O)CO[C@@H]65)[nH]c4cc3F)cc2)nc1. The average Bonchev–Trinajstić information content (AvgIpc) is 3.56. The van der Waals surface area contributed by atoms with E-state index >= 15 is 0 Å². The monoisotopic (exact) mass is 510 g/mol. The van der Waals surface area contributed by atoms with E-state index in [1.54, 1.807) is 30.1 Å². The molecule has 188 valence electrons.